The highest BCUT2D eigenvalue weighted by molar-refractivity contribution is 6.12. The molecule has 0 radical (unpaired) electrons. The number of primary amides is 1. The third-order valence-corrected chi connectivity index (χ3v) is 5.41. The van der Waals surface area contributed by atoms with E-state index in [1.54, 1.807) is 13.8 Å². The number of nitrogens with two attached hydrogens (primary N) is 1. The molecule has 200 valence electrons. The standard InChI is InChI=1S/C23H35N5O8/c1-14(2)21(34)15(7-6-11-25-23(24)36)27-22(35)16(13-20(32)33)26-17(29)8-4-3-5-12-28-18(30)9-10-19(28)31/h9-10,14-16H,3-8,11-13H2,1-2H3,(H,26,29)(H,27,35)(H,32,33)(H3,24,25,36)/t15-,16-/m0/s1. The number of Topliss-reactive ketones (excluding diaryl/α,β-unsaturated/α-hetero) is 1. The zero-order valence-corrected chi connectivity index (χ0v) is 20.6. The molecule has 0 unspecified atom stereocenters. The summed E-state index contributed by atoms with van der Waals surface area (Å²) >= 11 is 0. The van der Waals surface area contributed by atoms with Crippen LogP contribution in [-0.4, -0.2) is 76.6 Å². The number of carbonyl (C=O) groups excluding carboxylic acids is 6. The van der Waals surface area contributed by atoms with Gasteiger partial charge in [-0.2, -0.15) is 0 Å². The van der Waals surface area contributed by atoms with E-state index in [-0.39, 0.29) is 43.5 Å². The first-order valence-corrected chi connectivity index (χ1v) is 11.8. The van der Waals surface area contributed by atoms with Crippen molar-refractivity contribution in [1.82, 2.24) is 20.9 Å². The van der Waals surface area contributed by atoms with E-state index in [9.17, 15) is 38.7 Å². The Labute approximate surface area is 209 Å². The number of urea groups is 1. The van der Waals surface area contributed by atoms with Gasteiger partial charge < -0.3 is 26.8 Å². The summed E-state index contributed by atoms with van der Waals surface area (Å²) in [6.45, 7) is 3.74. The van der Waals surface area contributed by atoms with Crippen molar-refractivity contribution in [1.29, 1.82) is 0 Å². The number of unbranched alkanes of at least 4 members (excludes halogenated alkanes) is 2. The second-order valence-corrected chi connectivity index (χ2v) is 8.74. The number of ketones is 1. The highest BCUT2D eigenvalue weighted by atomic mass is 16.4. The van der Waals surface area contributed by atoms with Gasteiger partial charge in [-0.1, -0.05) is 20.3 Å². The van der Waals surface area contributed by atoms with Crippen molar-refractivity contribution in [2.45, 2.75) is 70.9 Å². The molecule has 0 fully saturated rings. The number of nitrogens with one attached hydrogen (secondary N) is 3. The normalized spacial score (nSPS) is 14.5. The lowest BCUT2D eigenvalue weighted by molar-refractivity contribution is -0.141. The van der Waals surface area contributed by atoms with Gasteiger partial charge in [0.05, 0.1) is 12.5 Å². The van der Waals surface area contributed by atoms with Crippen LogP contribution in [0.3, 0.4) is 0 Å². The van der Waals surface area contributed by atoms with Crippen molar-refractivity contribution in [3.05, 3.63) is 12.2 Å². The van der Waals surface area contributed by atoms with Crippen LogP contribution < -0.4 is 21.7 Å². The highest BCUT2D eigenvalue weighted by Crippen LogP contribution is 2.09. The van der Waals surface area contributed by atoms with Crippen LogP contribution >= 0.6 is 0 Å². The number of nitrogens with zero attached hydrogens (tertiary/aromatic N) is 1. The Bertz CT molecular complexity index is 868. The minimum absolute atomic E-state index is 0.0106. The van der Waals surface area contributed by atoms with Crippen LogP contribution in [0, 0.1) is 5.92 Å². The molecule has 1 aliphatic heterocycles. The number of carbonyl (C=O) groups is 7. The molecule has 1 heterocycles. The Kier molecular flexibility index (Phi) is 12.8. The van der Waals surface area contributed by atoms with Crippen LogP contribution in [0.4, 0.5) is 4.79 Å². The SMILES string of the molecule is CC(C)C(=O)[C@H](CCCNC(N)=O)NC(=O)[C@H](CC(=O)O)NC(=O)CCCCCN1C(=O)C=CC1=O. The molecule has 0 saturated heterocycles. The predicted octanol–water partition coefficient (Wildman–Crippen LogP) is -0.410. The summed E-state index contributed by atoms with van der Waals surface area (Å²) in [5.74, 6) is -4.07. The minimum atomic E-state index is -1.38. The van der Waals surface area contributed by atoms with Gasteiger partial charge in [-0.15, -0.1) is 0 Å². The molecule has 1 aliphatic rings. The van der Waals surface area contributed by atoms with Crippen LogP contribution in [0.1, 0.15) is 58.8 Å². The largest absolute Gasteiger partial charge is 0.481 e. The van der Waals surface area contributed by atoms with Gasteiger partial charge in [0, 0.05) is 37.6 Å². The number of carboxylic acids is 1. The van der Waals surface area contributed by atoms with Gasteiger partial charge >= 0.3 is 12.0 Å². The van der Waals surface area contributed by atoms with E-state index in [0.717, 1.165) is 4.90 Å². The third kappa shape index (κ3) is 11.1. The molecule has 0 aliphatic carbocycles. The molecule has 1 rings (SSSR count). The maximum absolute atomic E-state index is 12.8. The number of aliphatic carboxylic acids is 1. The summed E-state index contributed by atoms with van der Waals surface area (Å²) in [6, 6.07) is -3.02. The quantitative estimate of drug-likeness (QED) is 0.128. The Morgan fingerprint density at radius 1 is 0.944 bits per heavy atom. The first-order valence-electron chi connectivity index (χ1n) is 11.8. The second-order valence-electron chi connectivity index (χ2n) is 8.74. The fourth-order valence-corrected chi connectivity index (χ4v) is 3.51. The molecule has 0 aromatic carbocycles. The van der Waals surface area contributed by atoms with Crippen molar-refractivity contribution in [3.63, 3.8) is 0 Å². The van der Waals surface area contributed by atoms with Gasteiger partial charge in [0.1, 0.15) is 6.04 Å². The van der Waals surface area contributed by atoms with Gasteiger partial charge in [0.2, 0.25) is 11.8 Å². The van der Waals surface area contributed by atoms with E-state index >= 15 is 0 Å². The van der Waals surface area contributed by atoms with Crippen molar-refractivity contribution in [2.75, 3.05) is 13.1 Å². The van der Waals surface area contributed by atoms with E-state index in [1.807, 2.05) is 0 Å². The lowest BCUT2D eigenvalue weighted by Crippen LogP contribution is -2.53. The Morgan fingerprint density at radius 2 is 1.58 bits per heavy atom. The van der Waals surface area contributed by atoms with Gasteiger partial charge in [-0.25, -0.2) is 4.79 Å². The maximum Gasteiger partial charge on any atom is 0.312 e. The molecule has 6 amide bonds. The number of imide groups is 1. The van der Waals surface area contributed by atoms with E-state index < -0.39 is 48.2 Å². The topological polar surface area (TPSA) is 205 Å². The molecular weight excluding hydrogens is 474 g/mol. The lowest BCUT2D eigenvalue weighted by Gasteiger charge is -2.23. The van der Waals surface area contributed by atoms with Gasteiger partial charge in [-0.05, 0) is 25.7 Å². The van der Waals surface area contributed by atoms with Gasteiger partial charge in [0.15, 0.2) is 5.78 Å². The van der Waals surface area contributed by atoms with E-state index in [1.165, 1.54) is 12.2 Å². The van der Waals surface area contributed by atoms with Crippen LogP contribution in [0.15, 0.2) is 12.2 Å². The molecule has 13 nitrogen and oxygen atoms in total. The Morgan fingerprint density at radius 3 is 2.14 bits per heavy atom. The number of rotatable bonds is 17. The summed E-state index contributed by atoms with van der Waals surface area (Å²) in [5, 5.41) is 16.5. The van der Waals surface area contributed by atoms with Gasteiger partial charge in [-0.3, -0.25) is 33.7 Å². The average Bonchev–Trinajstić information content (AvgIpc) is 3.11. The minimum Gasteiger partial charge on any atom is -0.481 e. The first kappa shape index (κ1) is 30.3. The number of amides is 6. The smallest absolute Gasteiger partial charge is 0.312 e. The molecular formula is C23H35N5O8. The van der Waals surface area contributed by atoms with Crippen LogP contribution in [0.2, 0.25) is 0 Å². The molecule has 0 spiro atoms. The van der Waals surface area contributed by atoms with Crippen molar-refractivity contribution in [3.8, 4) is 0 Å². The Balaban J connectivity index is 2.59. The van der Waals surface area contributed by atoms with Crippen LogP contribution in [0.25, 0.3) is 0 Å². The average molecular weight is 510 g/mol. The number of hydrogen-bond donors (Lipinski definition) is 5. The molecule has 0 bridgehead atoms. The molecule has 0 aromatic heterocycles. The third-order valence-electron chi connectivity index (χ3n) is 5.41. The van der Waals surface area contributed by atoms with Gasteiger partial charge in [0.25, 0.3) is 11.8 Å². The molecule has 0 aromatic rings. The number of hydrogen-bond acceptors (Lipinski definition) is 7. The maximum atomic E-state index is 12.8. The van der Waals surface area contributed by atoms with Crippen LogP contribution in [-0.2, 0) is 28.8 Å². The molecule has 2 atom stereocenters. The molecule has 0 saturated carbocycles. The number of carboxylic acid groups (broad SMARTS) is 1. The zero-order chi connectivity index (χ0) is 27.3. The predicted molar refractivity (Wildman–Crippen MR) is 127 cm³/mol. The fourth-order valence-electron chi connectivity index (χ4n) is 3.51. The van der Waals surface area contributed by atoms with E-state index in [0.29, 0.717) is 25.7 Å². The monoisotopic (exact) mass is 509 g/mol. The lowest BCUT2D eigenvalue weighted by atomic mass is 9.97. The summed E-state index contributed by atoms with van der Waals surface area (Å²) < 4.78 is 0. The summed E-state index contributed by atoms with van der Waals surface area (Å²) in [5.41, 5.74) is 5.01. The summed E-state index contributed by atoms with van der Waals surface area (Å²) in [6.07, 6.45) is 3.69. The molecule has 13 heteroatoms. The molecule has 36 heavy (non-hydrogen) atoms. The first-order chi connectivity index (χ1) is 16.9. The van der Waals surface area contributed by atoms with E-state index in [4.69, 9.17) is 5.73 Å². The summed E-state index contributed by atoms with van der Waals surface area (Å²) in [4.78, 5) is 83.8. The van der Waals surface area contributed by atoms with Crippen molar-refractivity contribution in [2.24, 2.45) is 11.7 Å². The Hall–Kier alpha value is -3.77. The fraction of sp³-hybridized carbons (Fsp3) is 0.609. The molecule has 6 N–H and O–H groups in total. The van der Waals surface area contributed by atoms with Crippen molar-refractivity contribution < 1.29 is 38.7 Å². The summed E-state index contributed by atoms with van der Waals surface area (Å²) in [7, 11) is 0. The van der Waals surface area contributed by atoms with Crippen LogP contribution in [0.5, 0.6) is 0 Å². The second kappa shape index (κ2) is 15.3. The zero-order valence-electron chi connectivity index (χ0n) is 20.6. The van der Waals surface area contributed by atoms with E-state index in [2.05, 4.69) is 16.0 Å². The van der Waals surface area contributed by atoms with Crippen molar-refractivity contribution >= 4 is 41.4 Å². The highest BCUT2D eigenvalue weighted by Gasteiger charge is 2.29.